The molecule has 0 saturated carbocycles. The number of amides is 1. The number of carbonyl (C=O) groups excluding carboxylic acids is 1. The topological polar surface area (TPSA) is 95.1 Å². The van der Waals surface area contributed by atoms with E-state index in [1.54, 1.807) is 18.2 Å². The number of para-hydroxylation sites is 2. The standard InChI is InChI=1S/C14H11N3O2S/c15-9-5-3-4-8(13(16)18)12(9)20-14-17-10-6-1-2-7-11(10)19-14/h1-7H,15H2,(H2,16,18). The predicted octanol–water partition coefficient (Wildman–Crippen LogP) is 2.66. The molecule has 6 heteroatoms. The van der Waals surface area contributed by atoms with Crippen LogP contribution in [0.15, 0.2) is 57.0 Å². The van der Waals surface area contributed by atoms with Crippen LogP contribution >= 0.6 is 11.8 Å². The lowest BCUT2D eigenvalue weighted by atomic mass is 10.2. The second-order valence-corrected chi connectivity index (χ2v) is 5.10. The Hall–Kier alpha value is -2.47. The Kier molecular flexibility index (Phi) is 3.08. The molecule has 20 heavy (non-hydrogen) atoms. The molecular weight excluding hydrogens is 274 g/mol. The molecular formula is C14H11N3O2S. The van der Waals surface area contributed by atoms with Crippen molar-refractivity contribution in [1.82, 2.24) is 4.98 Å². The van der Waals surface area contributed by atoms with E-state index < -0.39 is 5.91 Å². The van der Waals surface area contributed by atoms with Gasteiger partial charge in [-0.05, 0) is 36.0 Å². The van der Waals surface area contributed by atoms with E-state index in [-0.39, 0.29) is 0 Å². The van der Waals surface area contributed by atoms with Gasteiger partial charge in [0.2, 0.25) is 5.91 Å². The highest BCUT2D eigenvalue weighted by molar-refractivity contribution is 7.99. The molecule has 3 rings (SSSR count). The van der Waals surface area contributed by atoms with Crippen LogP contribution in [0.3, 0.4) is 0 Å². The maximum atomic E-state index is 11.4. The maximum absolute atomic E-state index is 11.4. The Balaban J connectivity index is 2.04. The molecule has 100 valence electrons. The third-order valence-corrected chi connectivity index (χ3v) is 3.78. The number of nitrogens with two attached hydrogens (primary N) is 2. The number of rotatable bonds is 3. The van der Waals surface area contributed by atoms with E-state index in [0.29, 0.717) is 27.0 Å². The largest absolute Gasteiger partial charge is 0.431 e. The zero-order valence-corrected chi connectivity index (χ0v) is 11.2. The number of nitrogens with zero attached hydrogens (tertiary/aromatic N) is 1. The van der Waals surface area contributed by atoms with Crippen molar-refractivity contribution < 1.29 is 9.21 Å². The summed E-state index contributed by atoms with van der Waals surface area (Å²) >= 11 is 1.19. The Labute approximate surface area is 119 Å². The van der Waals surface area contributed by atoms with Crippen LogP contribution in [0, 0.1) is 0 Å². The lowest BCUT2D eigenvalue weighted by Crippen LogP contribution is -2.13. The molecule has 0 aliphatic rings. The van der Waals surface area contributed by atoms with E-state index in [1.807, 2.05) is 24.3 Å². The van der Waals surface area contributed by atoms with Gasteiger partial charge in [-0.2, -0.15) is 0 Å². The van der Waals surface area contributed by atoms with Crippen LogP contribution in [-0.2, 0) is 0 Å². The van der Waals surface area contributed by atoms with Gasteiger partial charge in [-0.25, -0.2) is 4.98 Å². The number of primary amides is 1. The molecule has 0 radical (unpaired) electrons. The van der Waals surface area contributed by atoms with Crippen LogP contribution in [0.2, 0.25) is 0 Å². The summed E-state index contributed by atoms with van der Waals surface area (Å²) in [5.41, 5.74) is 13.5. The summed E-state index contributed by atoms with van der Waals surface area (Å²) in [6.45, 7) is 0. The smallest absolute Gasteiger partial charge is 0.261 e. The number of benzene rings is 2. The Morgan fingerprint density at radius 1 is 1.15 bits per heavy atom. The lowest BCUT2D eigenvalue weighted by Gasteiger charge is -2.06. The Morgan fingerprint density at radius 3 is 2.70 bits per heavy atom. The van der Waals surface area contributed by atoms with Crippen molar-refractivity contribution in [3.05, 3.63) is 48.0 Å². The zero-order valence-electron chi connectivity index (χ0n) is 10.4. The number of nitrogen functional groups attached to an aromatic ring is 1. The molecule has 4 N–H and O–H groups in total. The lowest BCUT2D eigenvalue weighted by molar-refractivity contribution is 0.0997. The van der Waals surface area contributed by atoms with Crippen molar-refractivity contribution >= 4 is 34.5 Å². The first-order chi connectivity index (χ1) is 9.65. The molecule has 0 unspecified atom stereocenters. The van der Waals surface area contributed by atoms with Crippen molar-refractivity contribution in [3.8, 4) is 0 Å². The molecule has 1 aromatic heterocycles. The predicted molar refractivity (Wildman–Crippen MR) is 77.5 cm³/mol. The Bertz CT molecular complexity index is 765. The minimum Gasteiger partial charge on any atom is -0.431 e. The normalized spacial score (nSPS) is 10.8. The molecule has 0 aliphatic carbocycles. The molecule has 0 atom stereocenters. The summed E-state index contributed by atoms with van der Waals surface area (Å²) in [7, 11) is 0. The molecule has 0 aliphatic heterocycles. The molecule has 1 heterocycles. The minimum atomic E-state index is -0.532. The first-order valence-corrected chi connectivity index (χ1v) is 6.68. The number of fused-ring (bicyclic) bond motifs is 1. The molecule has 3 aromatic rings. The van der Waals surface area contributed by atoms with Gasteiger partial charge in [0.25, 0.3) is 5.22 Å². The quantitative estimate of drug-likeness (QED) is 0.721. The second-order valence-electron chi connectivity index (χ2n) is 4.14. The van der Waals surface area contributed by atoms with Gasteiger partial charge in [-0.3, -0.25) is 4.79 Å². The van der Waals surface area contributed by atoms with Crippen molar-refractivity contribution in [1.29, 1.82) is 0 Å². The Morgan fingerprint density at radius 2 is 1.95 bits per heavy atom. The van der Waals surface area contributed by atoms with Gasteiger partial charge in [0.1, 0.15) is 5.52 Å². The molecule has 0 bridgehead atoms. The van der Waals surface area contributed by atoms with Crippen LogP contribution < -0.4 is 11.5 Å². The van der Waals surface area contributed by atoms with Crippen LogP contribution in [-0.4, -0.2) is 10.9 Å². The van der Waals surface area contributed by atoms with Gasteiger partial charge in [-0.15, -0.1) is 0 Å². The third kappa shape index (κ3) is 2.21. The highest BCUT2D eigenvalue weighted by Gasteiger charge is 2.15. The van der Waals surface area contributed by atoms with Crippen LogP contribution in [0.4, 0.5) is 5.69 Å². The fraction of sp³-hybridized carbons (Fsp3) is 0. The molecule has 5 nitrogen and oxygen atoms in total. The monoisotopic (exact) mass is 285 g/mol. The van der Waals surface area contributed by atoms with Crippen molar-refractivity contribution in [2.45, 2.75) is 10.1 Å². The summed E-state index contributed by atoms with van der Waals surface area (Å²) in [4.78, 5) is 16.3. The van der Waals surface area contributed by atoms with Crippen molar-refractivity contribution in [3.63, 3.8) is 0 Å². The highest BCUT2D eigenvalue weighted by Crippen LogP contribution is 2.35. The molecule has 2 aromatic carbocycles. The van der Waals surface area contributed by atoms with Gasteiger partial charge in [0.05, 0.1) is 10.5 Å². The minimum absolute atomic E-state index is 0.359. The number of hydrogen-bond acceptors (Lipinski definition) is 5. The fourth-order valence-corrected chi connectivity index (χ4v) is 2.76. The van der Waals surface area contributed by atoms with Gasteiger partial charge >= 0.3 is 0 Å². The SMILES string of the molecule is NC(=O)c1cccc(N)c1Sc1nc2ccccc2o1. The molecule has 0 saturated heterocycles. The summed E-state index contributed by atoms with van der Waals surface area (Å²) in [6, 6.07) is 12.5. The van der Waals surface area contributed by atoms with E-state index in [1.165, 1.54) is 11.8 Å². The van der Waals surface area contributed by atoms with E-state index in [9.17, 15) is 4.79 Å². The molecule has 0 fully saturated rings. The van der Waals surface area contributed by atoms with Gasteiger partial charge < -0.3 is 15.9 Å². The van der Waals surface area contributed by atoms with Crippen LogP contribution in [0.1, 0.15) is 10.4 Å². The summed E-state index contributed by atoms with van der Waals surface area (Å²) in [5, 5.41) is 0.423. The first kappa shape index (κ1) is 12.6. The number of carbonyl (C=O) groups is 1. The first-order valence-electron chi connectivity index (χ1n) is 5.87. The highest BCUT2D eigenvalue weighted by atomic mass is 32.2. The van der Waals surface area contributed by atoms with Gasteiger partial charge in [0.15, 0.2) is 5.58 Å². The number of oxazole rings is 1. The van der Waals surface area contributed by atoms with E-state index in [4.69, 9.17) is 15.9 Å². The van der Waals surface area contributed by atoms with Crippen LogP contribution in [0.25, 0.3) is 11.1 Å². The fourth-order valence-electron chi connectivity index (χ4n) is 1.84. The third-order valence-electron chi connectivity index (χ3n) is 2.77. The molecule has 0 spiro atoms. The van der Waals surface area contributed by atoms with E-state index >= 15 is 0 Å². The zero-order chi connectivity index (χ0) is 14.1. The summed E-state index contributed by atoms with van der Waals surface area (Å²) in [5.74, 6) is -0.532. The van der Waals surface area contributed by atoms with Gasteiger partial charge in [-0.1, -0.05) is 18.2 Å². The number of hydrogen-bond donors (Lipinski definition) is 2. The molecule has 1 amide bonds. The maximum Gasteiger partial charge on any atom is 0.261 e. The van der Waals surface area contributed by atoms with E-state index in [0.717, 1.165) is 5.52 Å². The van der Waals surface area contributed by atoms with Gasteiger partial charge in [0, 0.05) is 5.69 Å². The second kappa shape index (κ2) is 4.90. The number of aromatic nitrogens is 1. The average Bonchev–Trinajstić information content (AvgIpc) is 2.83. The summed E-state index contributed by atoms with van der Waals surface area (Å²) < 4.78 is 5.61. The average molecular weight is 285 g/mol. The van der Waals surface area contributed by atoms with Crippen molar-refractivity contribution in [2.24, 2.45) is 5.73 Å². The van der Waals surface area contributed by atoms with Crippen molar-refractivity contribution in [2.75, 3.05) is 5.73 Å². The van der Waals surface area contributed by atoms with Crippen LogP contribution in [0.5, 0.6) is 0 Å². The van der Waals surface area contributed by atoms with E-state index in [2.05, 4.69) is 4.98 Å². The summed E-state index contributed by atoms with van der Waals surface area (Å²) in [6.07, 6.45) is 0. The number of anilines is 1.